The fourth-order valence-corrected chi connectivity index (χ4v) is 0.876. The molecule has 0 aliphatic carbocycles. The second-order valence-corrected chi connectivity index (χ2v) is 2.19. The molecule has 3 heteroatoms. The second kappa shape index (κ2) is 3.45. The standard InChI is InChI=1S/C6H10O2.H2O/c1-5-3-2-4-6(7)8-5;/h5H,2-4H2,1H3;1H2. The molecular formula is C6H12O3. The van der Waals surface area contributed by atoms with Crippen LogP contribution in [0.25, 0.3) is 0 Å². The summed E-state index contributed by atoms with van der Waals surface area (Å²) in [7, 11) is 0. The van der Waals surface area contributed by atoms with Crippen LogP contribution in [-0.2, 0) is 9.53 Å². The average Bonchev–Trinajstić information content (AvgIpc) is 1.64. The van der Waals surface area contributed by atoms with Gasteiger partial charge in [0, 0.05) is 6.42 Å². The fraction of sp³-hybridized carbons (Fsp3) is 0.833. The normalized spacial score (nSPS) is 26.3. The third kappa shape index (κ3) is 2.46. The highest BCUT2D eigenvalue weighted by molar-refractivity contribution is 5.70. The predicted octanol–water partition coefficient (Wildman–Crippen LogP) is 0.277. The van der Waals surface area contributed by atoms with Crippen LogP contribution >= 0.6 is 0 Å². The van der Waals surface area contributed by atoms with Gasteiger partial charge in [-0.1, -0.05) is 0 Å². The Hall–Kier alpha value is -0.570. The third-order valence-corrected chi connectivity index (χ3v) is 1.32. The van der Waals surface area contributed by atoms with Gasteiger partial charge in [0.15, 0.2) is 0 Å². The van der Waals surface area contributed by atoms with Crippen LogP contribution in [0.5, 0.6) is 0 Å². The molecule has 1 rings (SSSR count). The van der Waals surface area contributed by atoms with Crippen molar-refractivity contribution in [1.29, 1.82) is 0 Å². The minimum atomic E-state index is -0.0382. The molecule has 9 heavy (non-hydrogen) atoms. The Morgan fingerprint density at radius 2 is 2.33 bits per heavy atom. The molecule has 1 fully saturated rings. The molecule has 0 aromatic rings. The molecule has 3 nitrogen and oxygen atoms in total. The van der Waals surface area contributed by atoms with Gasteiger partial charge in [-0.3, -0.25) is 4.79 Å². The quantitative estimate of drug-likeness (QED) is 0.444. The highest BCUT2D eigenvalue weighted by Gasteiger charge is 2.14. The van der Waals surface area contributed by atoms with E-state index < -0.39 is 0 Å². The number of carbonyl (C=O) groups is 1. The van der Waals surface area contributed by atoms with Crippen LogP contribution in [0.3, 0.4) is 0 Å². The van der Waals surface area contributed by atoms with Crippen molar-refractivity contribution in [2.24, 2.45) is 0 Å². The zero-order valence-electron chi connectivity index (χ0n) is 5.52. The van der Waals surface area contributed by atoms with Gasteiger partial charge in [-0.2, -0.15) is 0 Å². The maximum Gasteiger partial charge on any atom is 0.306 e. The first kappa shape index (κ1) is 8.43. The third-order valence-electron chi connectivity index (χ3n) is 1.32. The number of hydrogen-bond donors (Lipinski definition) is 0. The van der Waals surface area contributed by atoms with Gasteiger partial charge in [0.1, 0.15) is 0 Å². The Balaban J connectivity index is 0.000000640. The predicted molar refractivity (Wildman–Crippen MR) is 33.0 cm³/mol. The highest BCUT2D eigenvalue weighted by Crippen LogP contribution is 2.12. The van der Waals surface area contributed by atoms with Gasteiger partial charge in [0.2, 0.25) is 0 Å². The molecular weight excluding hydrogens is 120 g/mol. The SMILES string of the molecule is CC1CCCC(=O)O1.O. The van der Waals surface area contributed by atoms with E-state index in [0.29, 0.717) is 6.42 Å². The number of ether oxygens (including phenoxy) is 1. The zero-order chi connectivity index (χ0) is 5.98. The Bertz CT molecular complexity index is 100. The molecule has 1 atom stereocenters. The molecule has 0 radical (unpaired) electrons. The van der Waals surface area contributed by atoms with Gasteiger partial charge in [-0.05, 0) is 19.8 Å². The lowest BCUT2D eigenvalue weighted by molar-refractivity contribution is -0.152. The van der Waals surface area contributed by atoms with E-state index in [1.807, 2.05) is 6.92 Å². The molecule has 0 aromatic carbocycles. The molecule has 0 spiro atoms. The second-order valence-electron chi connectivity index (χ2n) is 2.19. The summed E-state index contributed by atoms with van der Waals surface area (Å²) in [4.78, 5) is 10.5. The molecule has 1 aliphatic heterocycles. The fourth-order valence-electron chi connectivity index (χ4n) is 0.876. The van der Waals surface area contributed by atoms with Crippen molar-refractivity contribution in [3.63, 3.8) is 0 Å². The number of carbonyl (C=O) groups excluding carboxylic acids is 1. The van der Waals surface area contributed by atoms with E-state index in [1.165, 1.54) is 0 Å². The molecule has 1 saturated heterocycles. The van der Waals surface area contributed by atoms with Crippen LogP contribution in [0, 0.1) is 0 Å². The molecule has 0 aromatic heterocycles. The summed E-state index contributed by atoms with van der Waals surface area (Å²) in [5.74, 6) is -0.0382. The smallest absolute Gasteiger partial charge is 0.306 e. The minimum Gasteiger partial charge on any atom is -0.463 e. The van der Waals surface area contributed by atoms with Gasteiger partial charge < -0.3 is 10.2 Å². The molecule has 0 amide bonds. The number of rotatable bonds is 0. The van der Waals surface area contributed by atoms with Gasteiger partial charge in [-0.15, -0.1) is 0 Å². The highest BCUT2D eigenvalue weighted by atomic mass is 16.5. The first-order valence-electron chi connectivity index (χ1n) is 2.98. The Labute approximate surface area is 54.3 Å². The minimum absolute atomic E-state index is 0. The maximum atomic E-state index is 10.5. The first-order chi connectivity index (χ1) is 3.79. The van der Waals surface area contributed by atoms with Crippen molar-refractivity contribution in [2.75, 3.05) is 0 Å². The molecule has 0 bridgehead atoms. The van der Waals surface area contributed by atoms with E-state index >= 15 is 0 Å². The molecule has 0 saturated carbocycles. The van der Waals surface area contributed by atoms with Gasteiger partial charge in [0.25, 0.3) is 0 Å². The molecule has 1 unspecified atom stereocenters. The van der Waals surface area contributed by atoms with E-state index in [0.717, 1.165) is 12.8 Å². The van der Waals surface area contributed by atoms with Crippen molar-refractivity contribution < 1.29 is 15.0 Å². The Morgan fingerprint density at radius 3 is 2.67 bits per heavy atom. The first-order valence-corrected chi connectivity index (χ1v) is 2.98. The summed E-state index contributed by atoms with van der Waals surface area (Å²) >= 11 is 0. The van der Waals surface area contributed by atoms with E-state index in [-0.39, 0.29) is 17.5 Å². The lowest BCUT2D eigenvalue weighted by Gasteiger charge is -2.17. The van der Waals surface area contributed by atoms with E-state index in [2.05, 4.69) is 0 Å². The largest absolute Gasteiger partial charge is 0.463 e. The molecule has 1 aliphatic rings. The molecule has 1 heterocycles. The van der Waals surface area contributed by atoms with Gasteiger partial charge in [0.05, 0.1) is 6.10 Å². The van der Waals surface area contributed by atoms with Gasteiger partial charge >= 0.3 is 5.97 Å². The number of esters is 1. The van der Waals surface area contributed by atoms with Crippen LogP contribution in [0.4, 0.5) is 0 Å². The Morgan fingerprint density at radius 1 is 1.67 bits per heavy atom. The summed E-state index contributed by atoms with van der Waals surface area (Å²) in [6, 6.07) is 0. The van der Waals surface area contributed by atoms with E-state index in [4.69, 9.17) is 4.74 Å². The van der Waals surface area contributed by atoms with E-state index in [9.17, 15) is 4.79 Å². The van der Waals surface area contributed by atoms with Crippen molar-refractivity contribution in [3.8, 4) is 0 Å². The number of hydrogen-bond acceptors (Lipinski definition) is 2. The molecule has 2 N–H and O–H groups in total. The van der Waals surface area contributed by atoms with Crippen molar-refractivity contribution in [2.45, 2.75) is 32.3 Å². The maximum absolute atomic E-state index is 10.5. The van der Waals surface area contributed by atoms with Gasteiger partial charge in [-0.25, -0.2) is 0 Å². The van der Waals surface area contributed by atoms with Crippen molar-refractivity contribution >= 4 is 5.97 Å². The average molecular weight is 132 g/mol. The zero-order valence-corrected chi connectivity index (χ0v) is 5.52. The van der Waals surface area contributed by atoms with Crippen LogP contribution in [0.1, 0.15) is 26.2 Å². The van der Waals surface area contributed by atoms with E-state index in [1.54, 1.807) is 0 Å². The summed E-state index contributed by atoms with van der Waals surface area (Å²) in [5.41, 5.74) is 0. The topological polar surface area (TPSA) is 57.8 Å². The monoisotopic (exact) mass is 132 g/mol. The van der Waals surface area contributed by atoms with Crippen LogP contribution < -0.4 is 0 Å². The lowest BCUT2D eigenvalue weighted by atomic mass is 10.1. The van der Waals surface area contributed by atoms with Crippen molar-refractivity contribution in [3.05, 3.63) is 0 Å². The summed E-state index contributed by atoms with van der Waals surface area (Å²) in [5, 5.41) is 0. The summed E-state index contributed by atoms with van der Waals surface area (Å²) < 4.78 is 4.85. The Kier molecular flexibility index (Phi) is 3.24. The number of cyclic esters (lactones) is 1. The molecule has 54 valence electrons. The van der Waals surface area contributed by atoms with Crippen LogP contribution in [-0.4, -0.2) is 17.5 Å². The summed E-state index contributed by atoms with van der Waals surface area (Å²) in [6.07, 6.45) is 2.81. The van der Waals surface area contributed by atoms with Crippen LogP contribution in [0.2, 0.25) is 0 Å². The van der Waals surface area contributed by atoms with Crippen LogP contribution in [0.15, 0.2) is 0 Å². The lowest BCUT2D eigenvalue weighted by Crippen LogP contribution is -2.19. The summed E-state index contributed by atoms with van der Waals surface area (Å²) in [6.45, 7) is 1.93. The van der Waals surface area contributed by atoms with Crippen molar-refractivity contribution in [1.82, 2.24) is 0 Å².